The van der Waals surface area contributed by atoms with Crippen LogP contribution in [0.1, 0.15) is 16.9 Å². The van der Waals surface area contributed by atoms with Crippen LogP contribution in [-0.4, -0.2) is 23.2 Å². The SMILES string of the molecule is O=C(NCCCSc1ccccc1)c1ccc2ccccc2n1. The number of hydrogen-bond acceptors (Lipinski definition) is 3. The monoisotopic (exact) mass is 322 g/mol. The van der Waals surface area contributed by atoms with Crippen molar-refractivity contribution < 1.29 is 4.79 Å². The zero-order valence-electron chi connectivity index (χ0n) is 12.7. The van der Waals surface area contributed by atoms with Crippen LogP contribution in [0.5, 0.6) is 0 Å². The molecular formula is C19H18N2OS. The summed E-state index contributed by atoms with van der Waals surface area (Å²) in [6.07, 6.45) is 0.929. The molecule has 0 unspecified atom stereocenters. The molecule has 1 amide bonds. The van der Waals surface area contributed by atoms with E-state index in [2.05, 4.69) is 22.4 Å². The van der Waals surface area contributed by atoms with E-state index in [9.17, 15) is 4.79 Å². The molecule has 3 aromatic rings. The van der Waals surface area contributed by atoms with Gasteiger partial charge >= 0.3 is 0 Å². The van der Waals surface area contributed by atoms with Gasteiger partial charge in [0.2, 0.25) is 0 Å². The molecule has 0 bridgehead atoms. The van der Waals surface area contributed by atoms with E-state index in [1.165, 1.54) is 4.90 Å². The van der Waals surface area contributed by atoms with Gasteiger partial charge in [0, 0.05) is 16.8 Å². The topological polar surface area (TPSA) is 42.0 Å². The van der Waals surface area contributed by atoms with Crippen LogP contribution in [0.25, 0.3) is 10.9 Å². The molecule has 0 spiro atoms. The Morgan fingerprint density at radius 2 is 1.74 bits per heavy atom. The average Bonchev–Trinajstić information content (AvgIpc) is 2.61. The average molecular weight is 322 g/mol. The Labute approximate surface area is 140 Å². The lowest BCUT2D eigenvalue weighted by molar-refractivity contribution is 0.0949. The van der Waals surface area contributed by atoms with Crippen molar-refractivity contribution in [1.82, 2.24) is 10.3 Å². The van der Waals surface area contributed by atoms with Crippen molar-refractivity contribution in [2.45, 2.75) is 11.3 Å². The second-order valence-corrected chi connectivity index (χ2v) is 6.33. The summed E-state index contributed by atoms with van der Waals surface area (Å²) in [5, 5.41) is 3.98. The number of hydrogen-bond donors (Lipinski definition) is 1. The minimum absolute atomic E-state index is 0.111. The standard InChI is InChI=1S/C19H18N2OS/c22-19(18-12-11-15-7-4-5-10-17(15)21-18)20-13-6-14-23-16-8-2-1-3-9-16/h1-5,7-12H,6,13-14H2,(H,20,22). The van der Waals surface area contributed by atoms with Crippen LogP contribution in [0.3, 0.4) is 0 Å². The van der Waals surface area contributed by atoms with Crippen LogP contribution >= 0.6 is 11.8 Å². The molecule has 116 valence electrons. The number of para-hydroxylation sites is 1. The second-order valence-electron chi connectivity index (χ2n) is 5.16. The van der Waals surface area contributed by atoms with Crippen molar-refractivity contribution in [2.75, 3.05) is 12.3 Å². The number of carbonyl (C=O) groups is 1. The van der Waals surface area contributed by atoms with Gasteiger partial charge in [0.05, 0.1) is 5.52 Å². The third kappa shape index (κ3) is 4.33. The van der Waals surface area contributed by atoms with Crippen molar-refractivity contribution >= 4 is 28.6 Å². The quantitative estimate of drug-likeness (QED) is 0.547. The van der Waals surface area contributed by atoms with Gasteiger partial charge in [0.15, 0.2) is 0 Å². The molecule has 0 radical (unpaired) electrons. The summed E-state index contributed by atoms with van der Waals surface area (Å²) in [4.78, 5) is 17.8. The maximum atomic E-state index is 12.1. The molecule has 3 nitrogen and oxygen atoms in total. The van der Waals surface area contributed by atoms with Crippen molar-refractivity contribution in [1.29, 1.82) is 0 Å². The Hall–Kier alpha value is -2.33. The van der Waals surface area contributed by atoms with E-state index in [0.29, 0.717) is 12.2 Å². The fourth-order valence-electron chi connectivity index (χ4n) is 2.26. The third-order valence-electron chi connectivity index (χ3n) is 3.45. The number of amides is 1. The predicted octanol–water partition coefficient (Wildman–Crippen LogP) is 4.15. The Morgan fingerprint density at radius 3 is 2.61 bits per heavy atom. The van der Waals surface area contributed by atoms with Crippen LogP contribution in [0, 0.1) is 0 Å². The van der Waals surface area contributed by atoms with Gasteiger partial charge in [-0.15, -0.1) is 11.8 Å². The molecule has 0 saturated heterocycles. The predicted molar refractivity (Wildman–Crippen MR) is 95.9 cm³/mol. The number of pyridine rings is 1. The lowest BCUT2D eigenvalue weighted by Crippen LogP contribution is -2.25. The molecular weight excluding hydrogens is 304 g/mol. The van der Waals surface area contributed by atoms with Crippen LogP contribution in [0.4, 0.5) is 0 Å². The molecule has 1 aromatic heterocycles. The fraction of sp³-hybridized carbons (Fsp3) is 0.158. The van der Waals surface area contributed by atoms with Gasteiger partial charge < -0.3 is 5.32 Å². The lowest BCUT2D eigenvalue weighted by Gasteiger charge is -2.06. The van der Waals surface area contributed by atoms with E-state index < -0.39 is 0 Å². The van der Waals surface area contributed by atoms with Gasteiger partial charge in [-0.3, -0.25) is 4.79 Å². The molecule has 0 atom stereocenters. The first-order valence-corrected chi connectivity index (χ1v) is 8.63. The molecule has 2 aromatic carbocycles. The zero-order valence-corrected chi connectivity index (χ0v) is 13.6. The molecule has 3 rings (SSSR count). The first-order chi connectivity index (χ1) is 11.3. The smallest absolute Gasteiger partial charge is 0.269 e. The van der Waals surface area contributed by atoms with Gasteiger partial charge in [0.1, 0.15) is 5.69 Å². The van der Waals surface area contributed by atoms with Gasteiger partial charge in [-0.2, -0.15) is 0 Å². The number of carbonyl (C=O) groups excluding carboxylic acids is 1. The molecule has 0 aliphatic carbocycles. The van der Waals surface area contributed by atoms with E-state index in [1.54, 1.807) is 17.8 Å². The minimum atomic E-state index is -0.111. The molecule has 0 fully saturated rings. The molecule has 0 saturated carbocycles. The molecule has 0 aliphatic rings. The van der Waals surface area contributed by atoms with Crippen LogP contribution in [-0.2, 0) is 0 Å². The molecule has 4 heteroatoms. The Morgan fingerprint density at radius 1 is 0.957 bits per heavy atom. The highest BCUT2D eigenvalue weighted by atomic mass is 32.2. The first kappa shape index (κ1) is 15.6. The number of benzene rings is 2. The van der Waals surface area contributed by atoms with E-state index in [1.807, 2.05) is 48.5 Å². The van der Waals surface area contributed by atoms with Crippen LogP contribution in [0.15, 0.2) is 71.6 Å². The van der Waals surface area contributed by atoms with Gasteiger partial charge in [-0.05, 0) is 36.4 Å². The number of thioether (sulfide) groups is 1. The Bertz CT molecular complexity index is 789. The highest BCUT2D eigenvalue weighted by Gasteiger charge is 2.07. The second kappa shape index (κ2) is 7.79. The van der Waals surface area contributed by atoms with Gasteiger partial charge in [-0.1, -0.05) is 42.5 Å². The molecule has 0 aliphatic heterocycles. The van der Waals surface area contributed by atoms with Crippen molar-refractivity contribution in [3.8, 4) is 0 Å². The summed E-state index contributed by atoms with van der Waals surface area (Å²) in [6, 6.07) is 21.8. The number of aromatic nitrogens is 1. The summed E-state index contributed by atoms with van der Waals surface area (Å²) in [7, 11) is 0. The van der Waals surface area contributed by atoms with Gasteiger partial charge in [-0.25, -0.2) is 4.98 Å². The van der Waals surface area contributed by atoms with Crippen LogP contribution in [0.2, 0.25) is 0 Å². The van der Waals surface area contributed by atoms with E-state index in [4.69, 9.17) is 0 Å². The summed E-state index contributed by atoms with van der Waals surface area (Å²) in [5.74, 6) is 0.871. The number of nitrogens with one attached hydrogen (secondary N) is 1. The first-order valence-electron chi connectivity index (χ1n) is 7.65. The summed E-state index contributed by atoms with van der Waals surface area (Å²) in [5.41, 5.74) is 1.32. The highest BCUT2D eigenvalue weighted by Crippen LogP contribution is 2.17. The molecule has 23 heavy (non-hydrogen) atoms. The lowest BCUT2D eigenvalue weighted by atomic mass is 10.2. The highest BCUT2D eigenvalue weighted by molar-refractivity contribution is 7.99. The number of fused-ring (bicyclic) bond motifs is 1. The van der Waals surface area contributed by atoms with E-state index >= 15 is 0 Å². The zero-order chi connectivity index (χ0) is 15.9. The number of nitrogens with zero attached hydrogens (tertiary/aromatic N) is 1. The van der Waals surface area contributed by atoms with Crippen molar-refractivity contribution in [3.63, 3.8) is 0 Å². The Kier molecular flexibility index (Phi) is 5.27. The van der Waals surface area contributed by atoms with E-state index in [-0.39, 0.29) is 5.91 Å². The summed E-state index contributed by atoms with van der Waals surface area (Å²) in [6.45, 7) is 0.660. The minimum Gasteiger partial charge on any atom is -0.351 e. The van der Waals surface area contributed by atoms with Crippen molar-refractivity contribution in [2.24, 2.45) is 0 Å². The number of rotatable bonds is 6. The Balaban J connectivity index is 1.47. The summed E-state index contributed by atoms with van der Waals surface area (Å²) < 4.78 is 0. The summed E-state index contributed by atoms with van der Waals surface area (Å²) >= 11 is 1.80. The van der Waals surface area contributed by atoms with Gasteiger partial charge in [0.25, 0.3) is 5.91 Å². The molecule has 1 N–H and O–H groups in total. The largest absolute Gasteiger partial charge is 0.351 e. The molecule has 1 heterocycles. The van der Waals surface area contributed by atoms with Crippen molar-refractivity contribution in [3.05, 3.63) is 72.4 Å². The fourth-order valence-corrected chi connectivity index (χ4v) is 3.14. The normalized spacial score (nSPS) is 10.6. The maximum Gasteiger partial charge on any atom is 0.269 e. The van der Waals surface area contributed by atoms with E-state index in [0.717, 1.165) is 23.1 Å². The van der Waals surface area contributed by atoms with Crippen LogP contribution < -0.4 is 5.32 Å². The maximum absolute atomic E-state index is 12.1. The third-order valence-corrected chi connectivity index (χ3v) is 4.55.